The lowest BCUT2D eigenvalue weighted by Gasteiger charge is -2.21. The Morgan fingerprint density at radius 3 is 2.81 bits per heavy atom. The summed E-state index contributed by atoms with van der Waals surface area (Å²) >= 11 is 0. The molecule has 0 aliphatic carbocycles. The van der Waals surface area contributed by atoms with Crippen molar-refractivity contribution >= 4 is 11.6 Å². The summed E-state index contributed by atoms with van der Waals surface area (Å²) in [6.07, 6.45) is -0.678. The van der Waals surface area contributed by atoms with Crippen molar-refractivity contribution in [2.24, 2.45) is 0 Å². The molecule has 0 bridgehead atoms. The second-order valence-corrected chi connectivity index (χ2v) is 5.46. The molecule has 0 saturated carbocycles. The van der Waals surface area contributed by atoms with Crippen LogP contribution < -0.4 is 15.8 Å². The molecule has 1 atom stereocenters. The number of rotatable bonds is 8. The standard InChI is InChI=1S/C15H25N3O3/c1-11(2)17-15(20)9-18(3)8-13(19)10-21-14-6-4-5-12(16)7-14/h4-7,11,13,19H,8-10,16H2,1-3H3,(H,17,20). The first-order valence-electron chi connectivity index (χ1n) is 7.01. The number of anilines is 1. The number of aliphatic hydroxyl groups excluding tert-OH is 1. The molecule has 1 unspecified atom stereocenters. The quantitative estimate of drug-likeness (QED) is 0.607. The Balaban J connectivity index is 2.29. The van der Waals surface area contributed by atoms with E-state index < -0.39 is 6.10 Å². The van der Waals surface area contributed by atoms with E-state index in [1.165, 1.54) is 0 Å². The first kappa shape index (κ1) is 17.3. The fourth-order valence-electron chi connectivity index (χ4n) is 1.89. The maximum Gasteiger partial charge on any atom is 0.234 e. The van der Waals surface area contributed by atoms with Gasteiger partial charge in [0.25, 0.3) is 0 Å². The van der Waals surface area contributed by atoms with Crippen molar-refractivity contribution in [2.45, 2.75) is 26.0 Å². The van der Waals surface area contributed by atoms with Crippen LogP contribution in [-0.4, -0.2) is 54.8 Å². The number of hydrogen-bond acceptors (Lipinski definition) is 5. The zero-order valence-electron chi connectivity index (χ0n) is 12.9. The minimum Gasteiger partial charge on any atom is -0.491 e. The summed E-state index contributed by atoms with van der Waals surface area (Å²) in [6, 6.07) is 7.15. The Labute approximate surface area is 125 Å². The SMILES string of the molecule is CC(C)NC(=O)CN(C)CC(O)COc1cccc(N)c1. The first-order chi connectivity index (χ1) is 9.86. The van der Waals surface area contributed by atoms with Crippen LogP contribution in [0.25, 0.3) is 0 Å². The van der Waals surface area contributed by atoms with Gasteiger partial charge in [0, 0.05) is 24.3 Å². The molecule has 0 radical (unpaired) electrons. The van der Waals surface area contributed by atoms with Crippen molar-refractivity contribution in [1.29, 1.82) is 0 Å². The molecule has 118 valence electrons. The molecule has 6 nitrogen and oxygen atoms in total. The molecule has 0 spiro atoms. The van der Waals surface area contributed by atoms with E-state index in [1.54, 1.807) is 36.2 Å². The number of nitrogens with two attached hydrogens (primary N) is 1. The Morgan fingerprint density at radius 2 is 2.19 bits per heavy atom. The molecule has 6 heteroatoms. The van der Waals surface area contributed by atoms with Gasteiger partial charge in [-0.25, -0.2) is 0 Å². The summed E-state index contributed by atoms with van der Waals surface area (Å²) in [5.41, 5.74) is 6.26. The molecule has 1 aromatic rings. The highest BCUT2D eigenvalue weighted by atomic mass is 16.5. The number of nitrogen functional groups attached to an aromatic ring is 1. The van der Waals surface area contributed by atoms with Crippen LogP contribution >= 0.6 is 0 Å². The third-order valence-corrected chi connectivity index (χ3v) is 2.69. The van der Waals surface area contributed by atoms with Crippen LogP contribution in [0.3, 0.4) is 0 Å². The molecule has 1 aromatic carbocycles. The molecule has 1 rings (SSSR count). The van der Waals surface area contributed by atoms with Crippen LogP contribution in [0.4, 0.5) is 5.69 Å². The van der Waals surface area contributed by atoms with Gasteiger partial charge >= 0.3 is 0 Å². The van der Waals surface area contributed by atoms with Gasteiger partial charge in [0.2, 0.25) is 5.91 Å². The van der Waals surface area contributed by atoms with Crippen LogP contribution in [0.2, 0.25) is 0 Å². The number of nitrogens with zero attached hydrogens (tertiary/aromatic N) is 1. The highest BCUT2D eigenvalue weighted by Gasteiger charge is 2.12. The van der Waals surface area contributed by atoms with E-state index in [1.807, 2.05) is 13.8 Å². The summed E-state index contributed by atoms with van der Waals surface area (Å²) in [5.74, 6) is 0.561. The molecular weight excluding hydrogens is 270 g/mol. The molecule has 4 N–H and O–H groups in total. The van der Waals surface area contributed by atoms with E-state index in [9.17, 15) is 9.90 Å². The van der Waals surface area contributed by atoms with Crippen molar-refractivity contribution in [3.63, 3.8) is 0 Å². The van der Waals surface area contributed by atoms with Crippen molar-refractivity contribution in [2.75, 3.05) is 32.5 Å². The fourth-order valence-corrected chi connectivity index (χ4v) is 1.89. The minimum atomic E-state index is -0.678. The highest BCUT2D eigenvalue weighted by Crippen LogP contribution is 2.14. The number of likely N-dealkylation sites (N-methyl/N-ethyl adjacent to an activating group) is 1. The van der Waals surface area contributed by atoms with E-state index in [4.69, 9.17) is 10.5 Å². The number of benzene rings is 1. The zero-order valence-corrected chi connectivity index (χ0v) is 12.9. The van der Waals surface area contributed by atoms with Crippen molar-refractivity contribution in [3.05, 3.63) is 24.3 Å². The van der Waals surface area contributed by atoms with Crippen molar-refractivity contribution < 1.29 is 14.6 Å². The number of hydrogen-bond donors (Lipinski definition) is 3. The number of carbonyl (C=O) groups excluding carboxylic acids is 1. The van der Waals surface area contributed by atoms with Gasteiger partial charge in [-0.05, 0) is 33.0 Å². The summed E-state index contributed by atoms with van der Waals surface area (Å²) in [4.78, 5) is 13.3. The minimum absolute atomic E-state index is 0.0588. The van der Waals surface area contributed by atoms with Gasteiger partial charge in [0.1, 0.15) is 18.5 Å². The monoisotopic (exact) mass is 295 g/mol. The van der Waals surface area contributed by atoms with E-state index in [2.05, 4.69) is 5.32 Å². The molecule has 1 amide bonds. The van der Waals surface area contributed by atoms with Gasteiger partial charge in [-0.3, -0.25) is 9.69 Å². The van der Waals surface area contributed by atoms with Crippen LogP contribution in [-0.2, 0) is 4.79 Å². The van der Waals surface area contributed by atoms with Crippen LogP contribution in [0.5, 0.6) is 5.75 Å². The lowest BCUT2D eigenvalue weighted by Crippen LogP contribution is -2.42. The lowest BCUT2D eigenvalue weighted by atomic mass is 10.3. The molecular formula is C15H25N3O3. The molecule has 0 fully saturated rings. The van der Waals surface area contributed by atoms with Crippen molar-refractivity contribution in [1.82, 2.24) is 10.2 Å². The molecule has 21 heavy (non-hydrogen) atoms. The summed E-state index contributed by atoms with van der Waals surface area (Å²) < 4.78 is 5.46. The zero-order chi connectivity index (χ0) is 15.8. The average molecular weight is 295 g/mol. The Bertz CT molecular complexity index is 452. The fraction of sp³-hybridized carbons (Fsp3) is 0.533. The van der Waals surface area contributed by atoms with Crippen LogP contribution in [0.15, 0.2) is 24.3 Å². The number of amides is 1. The Kier molecular flexibility index (Phi) is 6.98. The van der Waals surface area contributed by atoms with E-state index in [0.29, 0.717) is 18.0 Å². The molecule has 0 saturated heterocycles. The van der Waals surface area contributed by atoms with Crippen molar-refractivity contribution in [3.8, 4) is 5.75 Å². The summed E-state index contributed by atoms with van der Waals surface area (Å²) in [5, 5.41) is 12.7. The molecule has 0 aliphatic heterocycles. The number of ether oxygens (including phenoxy) is 1. The second-order valence-electron chi connectivity index (χ2n) is 5.46. The second kappa shape index (κ2) is 8.49. The Hall–Kier alpha value is -1.79. The highest BCUT2D eigenvalue weighted by molar-refractivity contribution is 5.78. The predicted molar refractivity (Wildman–Crippen MR) is 83.1 cm³/mol. The third-order valence-electron chi connectivity index (χ3n) is 2.69. The van der Waals surface area contributed by atoms with Crippen LogP contribution in [0, 0.1) is 0 Å². The smallest absolute Gasteiger partial charge is 0.234 e. The van der Waals surface area contributed by atoms with Gasteiger partial charge in [-0.1, -0.05) is 6.07 Å². The molecule has 0 heterocycles. The van der Waals surface area contributed by atoms with E-state index in [-0.39, 0.29) is 25.1 Å². The number of carbonyl (C=O) groups is 1. The lowest BCUT2D eigenvalue weighted by molar-refractivity contribution is -0.122. The summed E-state index contributed by atoms with van der Waals surface area (Å²) in [7, 11) is 1.78. The van der Waals surface area contributed by atoms with Gasteiger partial charge in [0.05, 0.1) is 6.54 Å². The largest absolute Gasteiger partial charge is 0.491 e. The summed E-state index contributed by atoms with van der Waals surface area (Å²) in [6.45, 7) is 4.57. The van der Waals surface area contributed by atoms with E-state index >= 15 is 0 Å². The van der Waals surface area contributed by atoms with Gasteiger partial charge in [-0.2, -0.15) is 0 Å². The maximum atomic E-state index is 11.6. The maximum absolute atomic E-state index is 11.6. The predicted octanol–water partition coefficient (Wildman–Crippen LogP) is 0.465. The van der Waals surface area contributed by atoms with Gasteiger partial charge < -0.3 is 20.9 Å². The molecule has 0 aliphatic rings. The number of nitrogens with one attached hydrogen (secondary N) is 1. The van der Waals surface area contributed by atoms with Crippen LogP contribution in [0.1, 0.15) is 13.8 Å². The normalized spacial score (nSPS) is 12.5. The van der Waals surface area contributed by atoms with E-state index in [0.717, 1.165) is 0 Å². The topological polar surface area (TPSA) is 87.8 Å². The van der Waals surface area contributed by atoms with Gasteiger partial charge in [-0.15, -0.1) is 0 Å². The Morgan fingerprint density at radius 1 is 1.48 bits per heavy atom. The number of aliphatic hydroxyl groups is 1. The molecule has 0 aromatic heterocycles. The third kappa shape index (κ3) is 7.53. The average Bonchev–Trinajstić information content (AvgIpc) is 2.35. The first-order valence-corrected chi connectivity index (χ1v) is 7.01. The van der Waals surface area contributed by atoms with Gasteiger partial charge in [0.15, 0.2) is 0 Å².